The van der Waals surface area contributed by atoms with Crippen molar-refractivity contribution in [1.82, 2.24) is 9.97 Å². The van der Waals surface area contributed by atoms with Gasteiger partial charge in [-0.1, -0.05) is 5.92 Å². The van der Waals surface area contributed by atoms with Gasteiger partial charge >= 0.3 is 0 Å². The molecular formula is C17H12FN3O2. The predicted molar refractivity (Wildman–Crippen MR) is 84.8 cm³/mol. The SMILES string of the molecule is C#CCOc1cc(F)ccc1NC(=O)c1ccc2nc[nH]c2c1. The molecule has 6 heteroatoms. The quantitative estimate of drug-likeness (QED) is 0.728. The molecule has 1 heterocycles. The van der Waals surface area contributed by atoms with E-state index in [4.69, 9.17) is 11.2 Å². The summed E-state index contributed by atoms with van der Waals surface area (Å²) in [5.74, 6) is 1.65. The number of aromatic nitrogens is 2. The maximum absolute atomic E-state index is 13.3. The van der Waals surface area contributed by atoms with Crippen molar-refractivity contribution in [3.63, 3.8) is 0 Å². The van der Waals surface area contributed by atoms with Gasteiger partial charge in [0.2, 0.25) is 0 Å². The number of nitrogens with one attached hydrogen (secondary N) is 2. The topological polar surface area (TPSA) is 67.0 Å². The largest absolute Gasteiger partial charge is 0.479 e. The molecule has 0 saturated carbocycles. The van der Waals surface area contributed by atoms with Crippen LogP contribution in [0.5, 0.6) is 5.75 Å². The summed E-state index contributed by atoms with van der Waals surface area (Å²) >= 11 is 0. The van der Waals surface area contributed by atoms with Gasteiger partial charge in [-0.15, -0.1) is 6.42 Å². The Morgan fingerprint density at radius 1 is 1.35 bits per heavy atom. The first kappa shape index (κ1) is 14.6. The first-order chi connectivity index (χ1) is 11.2. The molecule has 2 N–H and O–H groups in total. The monoisotopic (exact) mass is 309 g/mol. The molecular weight excluding hydrogens is 297 g/mol. The van der Waals surface area contributed by atoms with Crippen LogP contribution >= 0.6 is 0 Å². The summed E-state index contributed by atoms with van der Waals surface area (Å²) in [5, 5.41) is 2.69. The van der Waals surface area contributed by atoms with Crippen LogP contribution in [0.3, 0.4) is 0 Å². The number of terminal acetylenes is 1. The summed E-state index contributed by atoms with van der Waals surface area (Å²) in [6, 6.07) is 8.91. The standard InChI is InChI=1S/C17H12FN3O2/c1-2-7-23-16-9-12(18)4-6-14(16)21-17(22)11-3-5-13-15(8-11)20-10-19-13/h1,3-6,8-10H,7H2,(H,19,20)(H,21,22). The molecule has 3 rings (SSSR count). The lowest BCUT2D eigenvalue weighted by Gasteiger charge is -2.11. The van der Waals surface area contributed by atoms with Gasteiger partial charge in [0, 0.05) is 11.6 Å². The van der Waals surface area contributed by atoms with Crippen molar-refractivity contribution < 1.29 is 13.9 Å². The molecule has 5 nitrogen and oxygen atoms in total. The van der Waals surface area contributed by atoms with Crippen LogP contribution < -0.4 is 10.1 Å². The van der Waals surface area contributed by atoms with Crippen molar-refractivity contribution in [2.45, 2.75) is 0 Å². The molecule has 0 fully saturated rings. The lowest BCUT2D eigenvalue weighted by Crippen LogP contribution is -2.13. The van der Waals surface area contributed by atoms with E-state index in [1.165, 1.54) is 18.2 Å². The van der Waals surface area contributed by atoms with Crippen molar-refractivity contribution >= 4 is 22.6 Å². The van der Waals surface area contributed by atoms with Crippen LogP contribution in [0.4, 0.5) is 10.1 Å². The van der Waals surface area contributed by atoms with E-state index in [0.717, 1.165) is 11.0 Å². The third kappa shape index (κ3) is 3.14. The third-order valence-corrected chi connectivity index (χ3v) is 3.19. The maximum atomic E-state index is 13.3. The third-order valence-electron chi connectivity index (χ3n) is 3.19. The summed E-state index contributed by atoms with van der Waals surface area (Å²) in [6.07, 6.45) is 6.69. The molecule has 3 aromatic rings. The van der Waals surface area contributed by atoms with Crippen molar-refractivity contribution in [2.75, 3.05) is 11.9 Å². The predicted octanol–water partition coefficient (Wildman–Crippen LogP) is 2.97. The number of imidazole rings is 1. The number of H-pyrrole nitrogens is 1. The number of anilines is 1. The molecule has 23 heavy (non-hydrogen) atoms. The van der Waals surface area contributed by atoms with E-state index >= 15 is 0 Å². The minimum absolute atomic E-state index is 0.0214. The molecule has 1 amide bonds. The van der Waals surface area contributed by atoms with Gasteiger partial charge < -0.3 is 15.0 Å². The second-order valence-corrected chi connectivity index (χ2v) is 4.72. The lowest BCUT2D eigenvalue weighted by atomic mass is 10.2. The van der Waals surface area contributed by atoms with Gasteiger partial charge in [-0.05, 0) is 30.3 Å². The smallest absolute Gasteiger partial charge is 0.255 e. The van der Waals surface area contributed by atoms with E-state index in [1.807, 2.05) is 0 Å². The van der Waals surface area contributed by atoms with E-state index in [2.05, 4.69) is 21.2 Å². The number of fused-ring (bicyclic) bond motifs is 1. The number of rotatable bonds is 4. The zero-order chi connectivity index (χ0) is 16.2. The maximum Gasteiger partial charge on any atom is 0.255 e. The zero-order valence-corrected chi connectivity index (χ0v) is 12.0. The highest BCUT2D eigenvalue weighted by molar-refractivity contribution is 6.06. The van der Waals surface area contributed by atoms with Gasteiger partial charge in [-0.2, -0.15) is 0 Å². The molecule has 0 saturated heterocycles. The number of nitrogens with zero attached hydrogens (tertiary/aromatic N) is 1. The minimum Gasteiger partial charge on any atom is -0.479 e. The molecule has 0 aliphatic carbocycles. The first-order valence-corrected chi connectivity index (χ1v) is 6.77. The van der Waals surface area contributed by atoms with Crippen LogP contribution in [-0.4, -0.2) is 22.5 Å². The highest BCUT2D eigenvalue weighted by Gasteiger charge is 2.12. The number of benzene rings is 2. The van der Waals surface area contributed by atoms with Crippen LogP contribution in [0.1, 0.15) is 10.4 Å². The molecule has 0 bridgehead atoms. The Morgan fingerprint density at radius 3 is 3.04 bits per heavy atom. The number of carbonyl (C=O) groups excluding carboxylic acids is 1. The fourth-order valence-corrected chi connectivity index (χ4v) is 2.11. The first-order valence-electron chi connectivity index (χ1n) is 6.77. The number of halogens is 1. The van der Waals surface area contributed by atoms with Gasteiger partial charge in [0.25, 0.3) is 5.91 Å². The van der Waals surface area contributed by atoms with Gasteiger partial charge in [0.05, 0.1) is 23.0 Å². The van der Waals surface area contributed by atoms with Gasteiger partial charge in [0.15, 0.2) is 0 Å². The Labute approximate surface area is 131 Å². The minimum atomic E-state index is -0.478. The molecule has 0 radical (unpaired) electrons. The molecule has 1 aromatic heterocycles. The van der Waals surface area contributed by atoms with Crippen LogP contribution in [0.25, 0.3) is 11.0 Å². The summed E-state index contributed by atoms with van der Waals surface area (Å²) in [5.41, 5.74) is 2.30. The number of aromatic amines is 1. The highest BCUT2D eigenvalue weighted by atomic mass is 19.1. The van der Waals surface area contributed by atoms with Gasteiger partial charge in [-0.25, -0.2) is 9.37 Å². The Bertz CT molecular complexity index is 912. The average Bonchev–Trinajstić information content (AvgIpc) is 3.02. The Morgan fingerprint density at radius 2 is 2.22 bits per heavy atom. The molecule has 114 valence electrons. The van der Waals surface area contributed by atoms with Gasteiger partial charge in [0.1, 0.15) is 18.2 Å². The number of amides is 1. The summed E-state index contributed by atoms with van der Waals surface area (Å²) in [6.45, 7) is -0.0214. The fourth-order valence-electron chi connectivity index (χ4n) is 2.11. The van der Waals surface area contributed by atoms with E-state index in [9.17, 15) is 9.18 Å². The number of hydrogen-bond acceptors (Lipinski definition) is 3. The second-order valence-electron chi connectivity index (χ2n) is 4.72. The van der Waals surface area contributed by atoms with Crippen LogP contribution in [0, 0.1) is 18.2 Å². The molecule has 0 spiro atoms. The van der Waals surface area contributed by atoms with Crippen LogP contribution in [0.2, 0.25) is 0 Å². The van der Waals surface area contributed by atoms with Crippen molar-refractivity contribution in [3.05, 3.63) is 54.1 Å². The normalized spacial score (nSPS) is 10.3. The fraction of sp³-hybridized carbons (Fsp3) is 0.0588. The van der Waals surface area contributed by atoms with E-state index in [1.54, 1.807) is 24.5 Å². The average molecular weight is 309 g/mol. The summed E-state index contributed by atoms with van der Waals surface area (Å²) in [7, 11) is 0. The Balaban J connectivity index is 1.85. The zero-order valence-electron chi connectivity index (χ0n) is 12.0. The summed E-state index contributed by atoms with van der Waals surface area (Å²) < 4.78 is 18.6. The Hall–Kier alpha value is -3.33. The Kier molecular flexibility index (Phi) is 3.93. The van der Waals surface area contributed by atoms with E-state index in [-0.39, 0.29) is 18.3 Å². The summed E-state index contributed by atoms with van der Waals surface area (Å²) in [4.78, 5) is 19.4. The highest BCUT2D eigenvalue weighted by Crippen LogP contribution is 2.26. The number of carbonyl (C=O) groups is 1. The van der Waals surface area contributed by atoms with Gasteiger partial charge in [-0.3, -0.25) is 4.79 Å². The molecule has 0 aliphatic heterocycles. The number of ether oxygens (including phenoxy) is 1. The van der Waals surface area contributed by atoms with Crippen LogP contribution in [0.15, 0.2) is 42.7 Å². The molecule has 0 unspecified atom stereocenters. The van der Waals surface area contributed by atoms with Crippen LogP contribution in [-0.2, 0) is 0 Å². The van der Waals surface area contributed by atoms with E-state index < -0.39 is 5.82 Å². The number of hydrogen-bond donors (Lipinski definition) is 2. The molecule has 0 aliphatic rings. The lowest BCUT2D eigenvalue weighted by molar-refractivity contribution is 0.102. The van der Waals surface area contributed by atoms with E-state index in [0.29, 0.717) is 11.3 Å². The van der Waals surface area contributed by atoms with Crippen molar-refractivity contribution in [1.29, 1.82) is 0 Å². The van der Waals surface area contributed by atoms with Crippen molar-refractivity contribution in [2.24, 2.45) is 0 Å². The van der Waals surface area contributed by atoms with Crippen molar-refractivity contribution in [3.8, 4) is 18.1 Å². The second kappa shape index (κ2) is 6.20. The molecule has 2 aromatic carbocycles. The molecule has 0 atom stereocenters.